The summed E-state index contributed by atoms with van der Waals surface area (Å²) in [6.07, 6.45) is 0. The van der Waals surface area contributed by atoms with Crippen molar-refractivity contribution in [3.63, 3.8) is 0 Å². The lowest BCUT2D eigenvalue weighted by atomic mass is 10.1. The SMILES string of the molecule is COc1cc(C)c2c(=O)c3c(O)c(Cl)c(OC)c(Cl)c3oc2c1Cl. The van der Waals surface area contributed by atoms with Crippen LogP contribution in [0.5, 0.6) is 17.2 Å². The minimum absolute atomic E-state index is 0.00146. The molecule has 0 atom stereocenters. The van der Waals surface area contributed by atoms with Crippen molar-refractivity contribution in [1.29, 1.82) is 0 Å². The summed E-state index contributed by atoms with van der Waals surface area (Å²) in [6, 6.07) is 1.61. The summed E-state index contributed by atoms with van der Waals surface area (Å²) in [4.78, 5) is 12.9. The molecule has 1 N–H and O–H groups in total. The number of phenolic OH excluding ortho intramolecular Hbond substituents is 1. The van der Waals surface area contributed by atoms with Gasteiger partial charge in [0.2, 0.25) is 5.43 Å². The predicted octanol–water partition coefficient (Wildman–Crippen LogP) is 4.94. The quantitative estimate of drug-likeness (QED) is 0.629. The highest BCUT2D eigenvalue weighted by Gasteiger charge is 2.25. The molecule has 0 fully saturated rings. The van der Waals surface area contributed by atoms with Gasteiger partial charge in [0.1, 0.15) is 26.2 Å². The van der Waals surface area contributed by atoms with E-state index in [0.29, 0.717) is 11.3 Å². The highest BCUT2D eigenvalue weighted by Crippen LogP contribution is 2.47. The lowest BCUT2D eigenvalue weighted by Gasteiger charge is -2.13. The van der Waals surface area contributed by atoms with E-state index < -0.39 is 11.2 Å². The molecule has 24 heavy (non-hydrogen) atoms. The third-order valence-corrected chi connectivity index (χ3v) is 4.79. The first-order valence-corrected chi connectivity index (χ1v) is 7.84. The minimum Gasteiger partial charge on any atom is -0.505 e. The first-order chi connectivity index (χ1) is 11.3. The Morgan fingerprint density at radius 1 is 1.00 bits per heavy atom. The number of halogens is 3. The summed E-state index contributed by atoms with van der Waals surface area (Å²) in [6.45, 7) is 1.70. The smallest absolute Gasteiger partial charge is 0.204 e. The van der Waals surface area contributed by atoms with Crippen LogP contribution in [-0.4, -0.2) is 19.3 Å². The van der Waals surface area contributed by atoms with Gasteiger partial charge in [-0.15, -0.1) is 0 Å². The van der Waals surface area contributed by atoms with Crippen LogP contribution in [0.25, 0.3) is 21.9 Å². The summed E-state index contributed by atoms with van der Waals surface area (Å²) < 4.78 is 16.0. The van der Waals surface area contributed by atoms with Gasteiger partial charge in [-0.1, -0.05) is 34.8 Å². The maximum absolute atomic E-state index is 12.9. The van der Waals surface area contributed by atoms with Crippen molar-refractivity contribution in [2.24, 2.45) is 0 Å². The molecule has 5 nitrogen and oxygen atoms in total. The lowest BCUT2D eigenvalue weighted by Crippen LogP contribution is -2.06. The van der Waals surface area contributed by atoms with E-state index >= 15 is 0 Å². The monoisotopic (exact) mass is 388 g/mol. The maximum Gasteiger partial charge on any atom is 0.204 e. The van der Waals surface area contributed by atoms with Crippen molar-refractivity contribution in [3.8, 4) is 17.2 Å². The van der Waals surface area contributed by atoms with E-state index in [4.69, 9.17) is 48.7 Å². The standard InChI is InChI=1S/C16H11Cl3O5/c1-5-4-6(22-2)9(17)14-7(5)12(20)8-13(21)10(18)16(23-3)11(19)15(8)24-14/h4,21H,1-3H3. The average molecular weight is 390 g/mol. The van der Waals surface area contributed by atoms with E-state index in [1.165, 1.54) is 14.2 Å². The summed E-state index contributed by atoms with van der Waals surface area (Å²) >= 11 is 18.5. The molecule has 1 heterocycles. The van der Waals surface area contributed by atoms with Gasteiger partial charge in [-0.05, 0) is 18.6 Å². The fraction of sp³-hybridized carbons (Fsp3) is 0.188. The Bertz CT molecular complexity index is 1060. The summed E-state index contributed by atoms with van der Waals surface area (Å²) in [5.74, 6) is -0.109. The number of rotatable bonds is 2. The number of hydrogen-bond donors (Lipinski definition) is 1. The Kier molecular flexibility index (Phi) is 4.20. The molecule has 8 heteroatoms. The molecule has 0 aliphatic carbocycles. The van der Waals surface area contributed by atoms with Crippen molar-refractivity contribution in [1.82, 2.24) is 0 Å². The van der Waals surface area contributed by atoms with Gasteiger partial charge in [-0.3, -0.25) is 4.79 Å². The molecule has 1 aromatic heterocycles. The number of methoxy groups -OCH3 is 2. The lowest BCUT2D eigenvalue weighted by molar-refractivity contribution is 0.408. The first kappa shape index (κ1) is 17.0. The Morgan fingerprint density at radius 2 is 1.62 bits per heavy atom. The zero-order chi connectivity index (χ0) is 17.8. The van der Waals surface area contributed by atoms with Gasteiger partial charge in [-0.2, -0.15) is 0 Å². The Balaban J connectivity index is 2.67. The Morgan fingerprint density at radius 3 is 2.21 bits per heavy atom. The molecule has 0 unspecified atom stereocenters. The van der Waals surface area contributed by atoms with Gasteiger partial charge in [0, 0.05) is 0 Å². The molecule has 0 spiro atoms. The fourth-order valence-corrected chi connectivity index (χ4v) is 3.49. The molecule has 2 aromatic carbocycles. The van der Waals surface area contributed by atoms with Crippen LogP contribution in [0.15, 0.2) is 15.3 Å². The van der Waals surface area contributed by atoms with E-state index in [0.717, 1.165) is 0 Å². The zero-order valence-electron chi connectivity index (χ0n) is 12.8. The van der Waals surface area contributed by atoms with Crippen LogP contribution >= 0.6 is 34.8 Å². The largest absolute Gasteiger partial charge is 0.505 e. The van der Waals surface area contributed by atoms with Gasteiger partial charge in [0.05, 0.1) is 19.6 Å². The number of ether oxygens (including phenoxy) is 2. The highest BCUT2D eigenvalue weighted by atomic mass is 35.5. The van der Waals surface area contributed by atoms with E-state index in [1.54, 1.807) is 13.0 Å². The van der Waals surface area contributed by atoms with Crippen molar-refractivity contribution in [2.45, 2.75) is 6.92 Å². The van der Waals surface area contributed by atoms with Crippen LogP contribution in [0.1, 0.15) is 5.56 Å². The second-order valence-corrected chi connectivity index (χ2v) is 6.19. The van der Waals surface area contributed by atoms with E-state index in [9.17, 15) is 9.90 Å². The molecule has 3 rings (SSSR count). The van der Waals surface area contributed by atoms with Gasteiger partial charge in [0.15, 0.2) is 22.7 Å². The van der Waals surface area contributed by atoms with Gasteiger partial charge in [0.25, 0.3) is 0 Å². The van der Waals surface area contributed by atoms with Crippen molar-refractivity contribution in [2.75, 3.05) is 14.2 Å². The number of phenols is 1. The number of aryl methyl sites for hydroxylation is 1. The van der Waals surface area contributed by atoms with Crippen molar-refractivity contribution in [3.05, 3.63) is 36.9 Å². The number of hydrogen-bond acceptors (Lipinski definition) is 5. The van der Waals surface area contributed by atoms with Gasteiger partial charge in [-0.25, -0.2) is 0 Å². The average Bonchev–Trinajstić information content (AvgIpc) is 2.55. The van der Waals surface area contributed by atoms with Crippen LogP contribution in [0.3, 0.4) is 0 Å². The minimum atomic E-state index is -0.503. The zero-order valence-corrected chi connectivity index (χ0v) is 15.1. The van der Waals surface area contributed by atoms with E-state index in [2.05, 4.69) is 0 Å². The normalized spacial score (nSPS) is 11.2. The van der Waals surface area contributed by atoms with E-state index in [-0.39, 0.29) is 42.8 Å². The molecule has 0 aliphatic heterocycles. The third kappa shape index (κ3) is 2.19. The van der Waals surface area contributed by atoms with Crippen LogP contribution < -0.4 is 14.9 Å². The molecule has 0 radical (unpaired) electrons. The summed E-state index contributed by atoms with van der Waals surface area (Å²) in [7, 11) is 2.78. The van der Waals surface area contributed by atoms with Crippen molar-refractivity contribution < 1.29 is 19.0 Å². The highest BCUT2D eigenvalue weighted by molar-refractivity contribution is 6.42. The summed E-state index contributed by atoms with van der Waals surface area (Å²) in [5.41, 5.74) is 0.112. The topological polar surface area (TPSA) is 68.9 Å². The second kappa shape index (κ2) is 5.92. The summed E-state index contributed by atoms with van der Waals surface area (Å²) in [5, 5.41) is 10.3. The third-order valence-electron chi connectivity index (χ3n) is 3.74. The van der Waals surface area contributed by atoms with E-state index in [1.807, 2.05) is 0 Å². The number of fused-ring (bicyclic) bond motifs is 2. The fourth-order valence-electron chi connectivity index (χ4n) is 2.61. The molecule has 0 aliphatic rings. The first-order valence-electron chi connectivity index (χ1n) is 6.71. The van der Waals surface area contributed by atoms with Gasteiger partial charge >= 0.3 is 0 Å². The van der Waals surface area contributed by atoms with Crippen LogP contribution in [-0.2, 0) is 0 Å². The van der Waals surface area contributed by atoms with Crippen LogP contribution in [0, 0.1) is 6.92 Å². The van der Waals surface area contributed by atoms with Crippen molar-refractivity contribution >= 4 is 56.7 Å². The molecule has 0 bridgehead atoms. The predicted molar refractivity (Wildman–Crippen MR) is 94.5 cm³/mol. The molecule has 3 aromatic rings. The van der Waals surface area contributed by atoms with Gasteiger partial charge < -0.3 is 19.0 Å². The number of benzene rings is 2. The molecule has 0 saturated carbocycles. The Labute approximate surface area is 151 Å². The second-order valence-electron chi connectivity index (χ2n) is 5.06. The van der Waals surface area contributed by atoms with Crippen LogP contribution in [0.2, 0.25) is 15.1 Å². The van der Waals surface area contributed by atoms with Crippen LogP contribution in [0.4, 0.5) is 0 Å². The molecular formula is C16H11Cl3O5. The molecular weight excluding hydrogens is 379 g/mol. The molecule has 0 amide bonds. The molecule has 126 valence electrons. The maximum atomic E-state index is 12.9. The Hall–Kier alpha value is -1.82. The molecule has 0 saturated heterocycles. The number of aromatic hydroxyl groups is 1.